The first-order valence-electron chi connectivity index (χ1n) is 7.26. The average Bonchev–Trinajstić information content (AvgIpc) is 2.54. The van der Waals surface area contributed by atoms with Crippen molar-refractivity contribution in [1.82, 2.24) is 5.43 Å². The Morgan fingerprint density at radius 3 is 2.67 bits per heavy atom. The van der Waals surface area contributed by atoms with Gasteiger partial charge in [0.05, 0.1) is 11.1 Å². The largest absolute Gasteiger partial charge is 0.273 e. The summed E-state index contributed by atoms with van der Waals surface area (Å²) in [6, 6.07) is 12.0. The summed E-state index contributed by atoms with van der Waals surface area (Å²) in [4.78, 5) is 22.7. The summed E-state index contributed by atoms with van der Waals surface area (Å²) in [6.07, 6.45) is 1.39. The molecule has 1 amide bonds. The van der Waals surface area contributed by atoms with Gasteiger partial charge >= 0.3 is 0 Å². The maximum atomic E-state index is 12.0. The molecule has 0 atom stereocenters. The van der Waals surface area contributed by atoms with E-state index in [9.17, 15) is 14.9 Å². The van der Waals surface area contributed by atoms with Crippen molar-refractivity contribution in [3.63, 3.8) is 0 Å². The van der Waals surface area contributed by atoms with Gasteiger partial charge in [0.25, 0.3) is 11.6 Å². The second-order valence-electron chi connectivity index (χ2n) is 5.44. The fourth-order valence-electron chi connectivity index (χ4n) is 2.15. The molecule has 24 heavy (non-hydrogen) atoms. The van der Waals surface area contributed by atoms with Crippen LogP contribution >= 0.6 is 22.6 Å². The van der Waals surface area contributed by atoms with Crippen LogP contribution in [0, 0.1) is 13.7 Å². The van der Waals surface area contributed by atoms with E-state index in [1.807, 2.05) is 19.9 Å². The highest BCUT2D eigenvalue weighted by Crippen LogP contribution is 2.26. The van der Waals surface area contributed by atoms with Crippen LogP contribution in [-0.4, -0.2) is 17.0 Å². The maximum Gasteiger partial charge on any atom is 0.273 e. The van der Waals surface area contributed by atoms with Crippen LogP contribution < -0.4 is 5.43 Å². The Balaban J connectivity index is 2.13. The van der Waals surface area contributed by atoms with Crippen LogP contribution in [-0.2, 0) is 0 Å². The Morgan fingerprint density at radius 1 is 1.29 bits per heavy atom. The zero-order valence-electron chi connectivity index (χ0n) is 13.2. The predicted octanol–water partition coefficient (Wildman–Crippen LogP) is 4.09. The number of hydrogen-bond donors (Lipinski definition) is 1. The normalized spacial score (nSPS) is 11.0. The molecule has 0 saturated carbocycles. The molecule has 0 heterocycles. The van der Waals surface area contributed by atoms with E-state index in [4.69, 9.17) is 0 Å². The van der Waals surface area contributed by atoms with Crippen molar-refractivity contribution in [2.75, 3.05) is 0 Å². The van der Waals surface area contributed by atoms with E-state index in [-0.39, 0.29) is 17.5 Å². The van der Waals surface area contributed by atoms with E-state index in [1.165, 1.54) is 12.3 Å². The number of nitrogens with one attached hydrogen (secondary N) is 1. The minimum Gasteiger partial charge on any atom is -0.267 e. The number of amides is 1. The highest BCUT2D eigenvalue weighted by atomic mass is 127. The number of benzene rings is 2. The molecule has 7 heteroatoms. The molecule has 0 bridgehead atoms. The summed E-state index contributed by atoms with van der Waals surface area (Å²) in [5.74, 6) is -0.283. The van der Waals surface area contributed by atoms with Crippen molar-refractivity contribution in [3.05, 3.63) is 72.8 Å². The fourth-order valence-corrected chi connectivity index (χ4v) is 2.69. The molecule has 2 aromatic carbocycles. The summed E-state index contributed by atoms with van der Waals surface area (Å²) >= 11 is 2.12. The number of halogens is 1. The second kappa shape index (κ2) is 8.00. The number of carbonyl (C=O) groups is 1. The Hall–Kier alpha value is -2.29. The van der Waals surface area contributed by atoms with E-state index in [2.05, 4.69) is 33.1 Å². The minimum atomic E-state index is -0.406. The first-order chi connectivity index (χ1) is 11.4. The number of rotatable bonds is 5. The van der Waals surface area contributed by atoms with Crippen LogP contribution in [0.5, 0.6) is 0 Å². The topological polar surface area (TPSA) is 84.6 Å². The van der Waals surface area contributed by atoms with Gasteiger partial charge in [-0.05, 0) is 46.7 Å². The quantitative estimate of drug-likeness (QED) is 0.331. The standard InChI is InChI=1S/C17H16IN3O3/c1-11(2)15-7-6-12(8-16(15)21(23)24)10-19-20-17(22)13-4-3-5-14(18)9-13/h3-11H,1-2H3,(H,20,22). The van der Waals surface area contributed by atoms with Crippen molar-refractivity contribution in [2.45, 2.75) is 19.8 Å². The van der Waals surface area contributed by atoms with Crippen molar-refractivity contribution in [2.24, 2.45) is 5.10 Å². The van der Waals surface area contributed by atoms with Gasteiger partial charge in [-0.2, -0.15) is 5.10 Å². The molecule has 0 unspecified atom stereocenters. The van der Waals surface area contributed by atoms with Crippen LogP contribution in [0.15, 0.2) is 47.6 Å². The van der Waals surface area contributed by atoms with Crippen LogP contribution in [0.1, 0.15) is 41.3 Å². The van der Waals surface area contributed by atoms with Crippen LogP contribution in [0.2, 0.25) is 0 Å². The van der Waals surface area contributed by atoms with E-state index in [1.54, 1.807) is 30.3 Å². The lowest BCUT2D eigenvalue weighted by Crippen LogP contribution is -2.17. The number of carbonyl (C=O) groups excluding carboxylic acids is 1. The average molecular weight is 437 g/mol. The van der Waals surface area contributed by atoms with Gasteiger partial charge in [0.1, 0.15) is 0 Å². The summed E-state index contributed by atoms with van der Waals surface area (Å²) in [5, 5.41) is 15.0. The number of nitro benzene ring substituents is 1. The summed E-state index contributed by atoms with van der Waals surface area (Å²) in [5.41, 5.74) is 4.19. The van der Waals surface area contributed by atoms with Gasteiger partial charge in [0.2, 0.25) is 0 Å². The number of hydrogen-bond acceptors (Lipinski definition) is 4. The third kappa shape index (κ3) is 4.60. The monoisotopic (exact) mass is 437 g/mol. The summed E-state index contributed by atoms with van der Waals surface area (Å²) < 4.78 is 0.948. The Kier molecular flexibility index (Phi) is 6.02. The molecular weight excluding hydrogens is 421 g/mol. The molecule has 0 radical (unpaired) electrons. The molecule has 0 aliphatic carbocycles. The lowest BCUT2D eigenvalue weighted by Gasteiger charge is -2.06. The van der Waals surface area contributed by atoms with E-state index in [0.29, 0.717) is 16.7 Å². The van der Waals surface area contributed by atoms with Gasteiger partial charge in [0, 0.05) is 26.3 Å². The van der Waals surface area contributed by atoms with Gasteiger partial charge in [-0.25, -0.2) is 5.43 Å². The number of nitro groups is 1. The molecule has 0 aliphatic heterocycles. The van der Waals surface area contributed by atoms with E-state index < -0.39 is 4.92 Å². The highest BCUT2D eigenvalue weighted by molar-refractivity contribution is 14.1. The van der Waals surface area contributed by atoms with Gasteiger partial charge in [-0.3, -0.25) is 14.9 Å². The van der Waals surface area contributed by atoms with Crippen molar-refractivity contribution >= 4 is 40.4 Å². The lowest BCUT2D eigenvalue weighted by molar-refractivity contribution is -0.385. The van der Waals surface area contributed by atoms with Crippen LogP contribution in [0.4, 0.5) is 5.69 Å². The van der Waals surface area contributed by atoms with Gasteiger partial charge in [-0.1, -0.05) is 32.0 Å². The van der Waals surface area contributed by atoms with Crippen molar-refractivity contribution in [3.8, 4) is 0 Å². The van der Waals surface area contributed by atoms with E-state index >= 15 is 0 Å². The minimum absolute atomic E-state index is 0.0524. The van der Waals surface area contributed by atoms with Crippen LogP contribution in [0.3, 0.4) is 0 Å². The first kappa shape index (κ1) is 18.1. The molecule has 0 fully saturated rings. The molecule has 0 aliphatic rings. The molecule has 6 nitrogen and oxygen atoms in total. The third-order valence-corrected chi connectivity index (χ3v) is 4.01. The number of nitrogens with zero attached hydrogens (tertiary/aromatic N) is 2. The number of hydrazone groups is 1. The zero-order chi connectivity index (χ0) is 17.7. The molecule has 2 rings (SSSR count). The predicted molar refractivity (Wildman–Crippen MR) is 101 cm³/mol. The highest BCUT2D eigenvalue weighted by Gasteiger charge is 2.16. The van der Waals surface area contributed by atoms with Crippen LogP contribution in [0.25, 0.3) is 0 Å². The molecule has 124 valence electrons. The molecule has 0 aromatic heterocycles. The fraction of sp³-hybridized carbons (Fsp3) is 0.176. The third-order valence-electron chi connectivity index (χ3n) is 3.34. The zero-order valence-corrected chi connectivity index (χ0v) is 15.4. The maximum absolute atomic E-state index is 12.0. The Labute approximate surface area is 153 Å². The van der Waals surface area contributed by atoms with Crippen molar-refractivity contribution in [1.29, 1.82) is 0 Å². The van der Waals surface area contributed by atoms with Gasteiger partial charge < -0.3 is 0 Å². The summed E-state index contributed by atoms with van der Waals surface area (Å²) in [7, 11) is 0. The Morgan fingerprint density at radius 2 is 2.04 bits per heavy atom. The van der Waals surface area contributed by atoms with Gasteiger partial charge in [0.15, 0.2) is 0 Å². The molecule has 0 saturated heterocycles. The Bertz CT molecular complexity index is 803. The lowest BCUT2D eigenvalue weighted by atomic mass is 9.99. The van der Waals surface area contributed by atoms with Gasteiger partial charge in [-0.15, -0.1) is 0 Å². The first-order valence-corrected chi connectivity index (χ1v) is 8.33. The van der Waals surface area contributed by atoms with E-state index in [0.717, 1.165) is 3.57 Å². The smallest absolute Gasteiger partial charge is 0.267 e. The SMILES string of the molecule is CC(C)c1ccc(C=NNC(=O)c2cccc(I)c2)cc1[N+](=O)[O-]. The second-order valence-corrected chi connectivity index (χ2v) is 6.69. The molecule has 0 spiro atoms. The molecule has 2 aromatic rings. The summed E-state index contributed by atoms with van der Waals surface area (Å²) in [6.45, 7) is 3.80. The van der Waals surface area contributed by atoms with Crippen molar-refractivity contribution < 1.29 is 9.72 Å². The molecular formula is C17H16IN3O3. The molecule has 1 N–H and O–H groups in total.